The summed E-state index contributed by atoms with van der Waals surface area (Å²) in [6.07, 6.45) is 2.10. The Balaban J connectivity index is 3.10. The van der Waals surface area contributed by atoms with Crippen molar-refractivity contribution < 1.29 is 4.74 Å². The second-order valence-electron chi connectivity index (χ2n) is 3.05. The second-order valence-corrected chi connectivity index (χ2v) is 4.53. The molecule has 1 nitrogen and oxygen atoms in total. The van der Waals surface area contributed by atoms with E-state index in [-0.39, 0.29) is 0 Å². The number of ether oxygens (including phenoxy) is 1. The van der Waals surface area contributed by atoms with Crippen molar-refractivity contribution in [1.82, 2.24) is 0 Å². The Morgan fingerprint density at radius 1 is 1.36 bits per heavy atom. The fourth-order valence-corrected chi connectivity index (χ4v) is 2.30. The van der Waals surface area contributed by atoms with Gasteiger partial charge in [-0.3, -0.25) is 0 Å². The molecule has 0 spiro atoms. The van der Waals surface area contributed by atoms with Crippen LogP contribution in [0.5, 0.6) is 5.75 Å². The van der Waals surface area contributed by atoms with Gasteiger partial charge in [-0.1, -0.05) is 41.1 Å². The number of hydrogen-bond acceptors (Lipinski definition) is 1. The first kappa shape index (κ1) is 12.1. The van der Waals surface area contributed by atoms with Crippen molar-refractivity contribution in [1.29, 1.82) is 0 Å². The van der Waals surface area contributed by atoms with Gasteiger partial charge in [0.1, 0.15) is 5.75 Å². The van der Waals surface area contributed by atoms with Gasteiger partial charge >= 0.3 is 0 Å². The first-order valence-electron chi connectivity index (χ1n) is 4.64. The predicted octanol–water partition coefficient (Wildman–Crippen LogP) is 3.89. The summed E-state index contributed by atoms with van der Waals surface area (Å²) in [6, 6.07) is 4.07. The van der Waals surface area contributed by atoms with Crippen LogP contribution in [0.2, 0.25) is 5.02 Å². The Morgan fingerprint density at radius 2 is 2.07 bits per heavy atom. The average Bonchev–Trinajstić information content (AvgIpc) is 2.19. The number of rotatable bonds is 4. The molecular weight excluding hydrogens is 310 g/mol. The molecule has 0 unspecified atom stereocenters. The van der Waals surface area contributed by atoms with E-state index >= 15 is 0 Å². The van der Waals surface area contributed by atoms with E-state index in [9.17, 15) is 0 Å². The van der Waals surface area contributed by atoms with Crippen molar-refractivity contribution in [3.8, 4) is 5.75 Å². The molecule has 0 radical (unpaired) electrons. The molecule has 78 valence electrons. The zero-order valence-corrected chi connectivity index (χ0v) is 11.4. The van der Waals surface area contributed by atoms with E-state index in [4.69, 9.17) is 16.3 Å². The minimum Gasteiger partial charge on any atom is -0.495 e. The lowest BCUT2D eigenvalue weighted by atomic mass is 10.0. The van der Waals surface area contributed by atoms with Crippen molar-refractivity contribution in [3.05, 3.63) is 28.3 Å². The van der Waals surface area contributed by atoms with Gasteiger partial charge in [-0.05, 0) is 36.1 Å². The zero-order chi connectivity index (χ0) is 10.6. The Hall–Kier alpha value is 0.0400. The zero-order valence-electron chi connectivity index (χ0n) is 8.44. The molecule has 0 fully saturated rings. The summed E-state index contributed by atoms with van der Waals surface area (Å²) in [7, 11) is 1.65. The number of methoxy groups -OCH3 is 1. The maximum Gasteiger partial charge on any atom is 0.137 e. The summed E-state index contributed by atoms with van der Waals surface area (Å²) in [5.74, 6) is 0.778. The molecule has 14 heavy (non-hydrogen) atoms. The molecule has 0 saturated carbocycles. The minimum atomic E-state index is 0.713. The van der Waals surface area contributed by atoms with Crippen molar-refractivity contribution >= 4 is 34.2 Å². The van der Waals surface area contributed by atoms with Gasteiger partial charge in [0.2, 0.25) is 0 Å². The molecule has 0 aliphatic rings. The minimum absolute atomic E-state index is 0.713. The highest BCUT2D eigenvalue weighted by Gasteiger charge is 2.07. The molecule has 1 aromatic carbocycles. The molecule has 1 aromatic rings. The van der Waals surface area contributed by atoms with Gasteiger partial charge in [-0.2, -0.15) is 0 Å². The summed E-state index contributed by atoms with van der Waals surface area (Å²) in [4.78, 5) is 0. The monoisotopic (exact) mass is 324 g/mol. The molecule has 0 saturated heterocycles. The summed E-state index contributed by atoms with van der Waals surface area (Å²) < 4.78 is 6.31. The largest absolute Gasteiger partial charge is 0.495 e. The summed E-state index contributed by atoms with van der Waals surface area (Å²) in [5, 5.41) is 0.713. The Morgan fingerprint density at radius 3 is 2.57 bits per heavy atom. The van der Waals surface area contributed by atoms with Crippen LogP contribution in [0.15, 0.2) is 12.1 Å². The van der Waals surface area contributed by atoms with Crippen molar-refractivity contribution in [2.24, 2.45) is 0 Å². The maximum absolute atomic E-state index is 6.07. The Kier molecular flexibility index (Phi) is 5.02. The van der Waals surface area contributed by atoms with E-state index in [2.05, 4.69) is 29.5 Å². The van der Waals surface area contributed by atoms with Gasteiger partial charge in [0, 0.05) is 4.43 Å². The molecule has 3 heteroatoms. The van der Waals surface area contributed by atoms with Crippen LogP contribution in [-0.4, -0.2) is 11.5 Å². The number of aryl methyl sites for hydroxylation is 2. The highest BCUT2D eigenvalue weighted by molar-refractivity contribution is 14.1. The van der Waals surface area contributed by atoms with E-state index in [0.29, 0.717) is 5.02 Å². The molecule has 0 amide bonds. The van der Waals surface area contributed by atoms with Crippen LogP contribution in [0.25, 0.3) is 0 Å². The molecule has 0 N–H and O–H groups in total. The van der Waals surface area contributed by atoms with Crippen LogP contribution in [0.1, 0.15) is 18.1 Å². The first-order valence-corrected chi connectivity index (χ1v) is 6.54. The molecule has 0 bridgehead atoms. The van der Waals surface area contributed by atoms with E-state index in [1.165, 1.54) is 11.1 Å². The average molecular weight is 325 g/mol. The summed E-state index contributed by atoms with van der Waals surface area (Å²) in [6.45, 7) is 2.15. The molecule has 0 aliphatic heterocycles. The molecule has 0 aliphatic carbocycles. The number of hydrogen-bond donors (Lipinski definition) is 0. The van der Waals surface area contributed by atoms with Crippen molar-refractivity contribution in [2.75, 3.05) is 11.5 Å². The van der Waals surface area contributed by atoms with Crippen LogP contribution >= 0.6 is 34.2 Å². The Bertz CT molecular complexity index is 312. The van der Waals surface area contributed by atoms with E-state index in [1.54, 1.807) is 7.11 Å². The van der Waals surface area contributed by atoms with Gasteiger partial charge in [0.15, 0.2) is 0 Å². The lowest BCUT2D eigenvalue weighted by Crippen LogP contribution is -1.96. The van der Waals surface area contributed by atoms with Gasteiger partial charge in [-0.15, -0.1) is 0 Å². The highest BCUT2D eigenvalue weighted by Crippen LogP contribution is 2.28. The van der Waals surface area contributed by atoms with Gasteiger partial charge in [-0.25, -0.2) is 0 Å². The fourth-order valence-electron chi connectivity index (χ4n) is 1.46. The predicted molar refractivity (Wildman–Crippen MR) is 70.0 cm³/mol. The molecule has 0 heterocycles. The van der Waals surface area contributed by atoms with Crippen molar-refractivity contribution in [2.45, 2.75) is 19.8 Å². The van der Waals surface area contributed by atoms with Crippen LogP contribution in [0, 0.1) is 0 Å². The van der Waals surface area contributed by atoms with Crippen LogP contribution in [0.4, 0.5) is 0 Å². The van der Waals surface area contributed by atoms with Gasteiger partial charge < -0.3 is 4.74 Å². The smallest absolute Gasteiger partial charge is 0.137 e. The van der Waals surface area contributed by atoms with Gasteiger partial charge in [0.25, 0.3) is 0 Å². The van der Waals surface area contributed by atoms with E-state index in [1.807, 2.05) is 12.1 Å². The van der Waals surface area contributed by atoms with Crippen LogP contribution in [-0.2, 0) is 12.8 Å². The molecule has 0 aromatic heterocycles. The third-order valence-corrected chi connectivity index (χ3v) is 3.05. The summed E-state index contributed by atoms with van der Waals surface area (Å²) in [5.41, 5.74) is 2.68. The van der Waals surface area contributed by atoms with E-state index in [0.717, 1.165) is 23.0 Å². The summed E-state index contributed by atoms with van der Waals surface area (Å²) >= 11 is 8.45. The number of benzene rings is 1. The topological polar surface area (TPSA) is 9.23 Å². The van der Waals surface area contributed by atoms with Crippen molar-refractivity contribution in [3.63, 3.8) is 0 Å². The first-order chi connectivity index (χ1) is 6.72. The molecule has 0 atom stereocenters. The lowest BCUT2D eigenvalue weighted by Gasteiger charge is -2.10. The standard InChI is InChI=1S/C11H14ClIO/c1-3-8-7-11(14-2)10(12)6-9(8)4-5-13/h6-7H,3-5H2,1-2H3. The number of alkyl halides is 1. The Labute approximate surface area is 104 Å². The normalized spacial score (nSPS) is 10.3. The van der Waals surface area contributed by atoms with E-state index < -0.39 is 0 Å². The highest BCUT2D eigenvalue weighted by atomic mass is 127. The third-order valence-electron chi connectivity index (χ3n) is 2.22. The fraction of sp³-hybridized carbons (Fsp3) is 0.455. The molecule has 1 rings (SSSR count). The number of halogens is 2. The second kappa shape index (κ2) is 5.81. The lowest BCUT2D eigenvalue weighted by molar-refractivity contribution is 0.414. The van der Waals surface area contributed by atoms with Gasteiger partial charge in [0.05, 0.1) is 12.1 Å². The quantitative estimate of drug-likeness (QED) is 0.603. The van der Waals surface area contributed by atoms with Crippen LogP contribution in [0.3, 0.4) is 0 Å². The maximum atomic E-state index is 6.07. The third kappa shape index (κ3) is 2.76. The SMILES string of the molecule is CCc1cc(OC)c(Cl)cc1CCI. The van der Waals surface area contributed by atoms with Crippen LogP contribution < -0.4 is 4.74 Å². The molecular formula is C11H14ClIO.